The number of nitrogens with zero attached hydrogens (tertiary/aromatic N) is 1. The molecule has 5 saturated heterocycles. The van der Waals surface area contributed by atoms with E-state index < -0.39 is 83.9 Å². The molecule has 0 unspecified atom stereocenters. The fourth-order valence-corrected chi connectivity index (χ4v) is 15.3. The van der Waals surface area contributed by atoms with Crippen molar-refractivity contribution in [2.45, 2.75) is 108 Å². The molecule has 0 radical (unpaired) electrons. The summed E-state index contributed by atoms with van der Waals surface area (Å²) in [7, 11) is 0. The highest BCUT2D eigenvalue weighted by Gasteiger charge is 2.88. The van der Waals surface area contributed by atoms with Crippen LogP contribution in [0.1, 0.15) is 52.4 Å². The van der Waals surface area contributed by atoms with Crippen molar-refractivity contribution in [3.05, 3.63) is 22.8 Å². The number of aliphatic hydroxyl groups excluding tert-OH is 5. The minimum absolute atomic E-state index is 0.0200. The Kier molecular flexibility index (Phi) is 5.93. The van der Waals surface area contributed by atoms with Crippen LogP contribution in [0.5, 0.6) is 0 Å². The number of ether oxygens (including phenoxy) is 4. The van der Waals surface area contributed by atoms with Crippen LogP contribution in [-0.2, 0) is 28.5 Å². The van der Waals surface area contributed by atoms with Gasteiger partial charge in [0.05, 0.1) is 24.7 Å². The summed E-state index contributed by atoms with van der Waals surface area (Å²) >= 11 is 0. The summed E-state index contributed by atoms with van der Waals surface area (Å²) in [6.07, 6.45) is -2.85. The monoisotopic (exact) mass is 681 g/mol. The summed E-state index contributed by atoms with van der Waals surface area (Å²) in [5, 5.41) is 52.4. The highest BCUT2D eigenvalue weighted by molar-refractivity contribution is 5.96. The van der Waals surface area contributed by atoms with Crippen molar-refractivity contribution in [3.63, 3.8) is 0 Å². The smallest absolute Gasteiger partial charge is 0.316 e. The number of piperidine rings is 1. The van der Waals surface area contributed by atoms with Crippen molar-refractivity contribution >= 4 is 11.8 Å². The van der Waals surface area contributed by atoms with Crippen molar-refractivity contribution in [3.8, 4) is 0 Å². The predicted octanol–water partition coefficient (Wildman–Crippen LogP) is 0.0402. The van der Waals surface area contributed by atoms with Crippen molar-refractivity contribution < 1.29 is 54.1 Å². The van der Waals surface area contributed by atoms with Crippen LogP contribution in [0.25, 0.3) is 0 Å². The summed E-state index contributed by atoms with van der Waals surface area (Å²) in [5.74, 6) is -0.345. The van der Waals surface area contributed by atoms with Crippen LogP contribution in [0, 0.1) is 57.2 Å². The normalized spacial score (nSPS) is 60.3. The molecule has 0 aromatic heterocycles. The second-order valence-electron chi connectivity index (χ2n) is 17.8. The lowest BCUT2D eigenvalue weighted by molar-refractivity contribution is -0.366. The molecule has 266 valence electrons. The first kappa shape index (κ1) is 30.8. The van der Waals surface area contributed by atoms with E-state index >= 15 is 4.79 Å². The Hall–Kier alpha value is -1.74. The Balaban J connectivity index is 1.07. The number of allylic oxidation sites excluding steroid dienone is 1. The molecule has 0 aromatic rings. The maximum absolute atomic E-state index is 15.3. The van der Waals surface area contributed by atoms with Crippen LogP contribution in [0.4, 0.5) is 0 Å². The summed E-state index contributed by atoms with van der Waals surface area (Å²) in [5.41, 5.74) is 0.692. The minimum Gasteiger partial charge on any atom is -0.457 e. The molecular weight excluding hydrogens is 634 g/mol. The number of hydrogen-bond acceptors (Lipinski definition) is 12. The lowest BCUT2D eigenvalue weighted by Crippen LogP contribution is -2.68. The van der Waals surface area contributed by atoms with Crippen LogP contribution in [-0.4, -0.2) is 124 Å². The molecule has 11 rings (SSSR count). The minimum atomic E-state index is -1.63. The molecule has 0 aromatic carbocycles. The molecule has 11 aliphatic rings. The van der Waals surface area contributed by atoms with Gasteiger partial charge in [-0.3, -0.25) is 14.5 Å². The number of ketones is 1. The average molecular weight is 682 g/mol. The van der Waals surface area contributed by atoms with Crippen LogP contribution in [0.3, 0.4) is 0 Å². The molecule has 6 aliphatic carbocycles. The van der Waals surface area contributed by atoms with Crippen LogP contribution in [0.2, 0.25) is 0 Å². The molecule has 19 atom stereocenters. The van der Waals surface area contributed by atoms with E-state index in [1.807, 2.05) is 6.08 Å². The number of aliphatic hydroxyl groups is 5. The van der Waals surface area contributed by atoms with E-state index in [0.29, 0.717) is 29.2 Å². The summed E-state index contributed by atoms with van der Waals surface area (Å²) in [6, 6.07) is 0.356. The summed E-state index contributed by atoms with van der Waals surface area (Å²) in [6.45, 7) is 5.74. The van der Waals surface area contributed by atoms with E-state index in [4.69, 9.17) is 18.9 Å². The van der Waals surface area contributed by atoms with Gasteiger partial charge in [0.25, 0.3) is 0 Å². The molecule has 12 heteroatoms. The van der Waals surface area contributed by atoms with Crippen molar-refractivity contribution in [1.29, 1.82) is 0 Å². The molecule has 4 bridgehead atoms. The third-order valence-electron chi connectivity index (χ3n) is 16.9. The first-order chi connectivity index (χ1) is 23.5. The van der Waals surface area contributed by atoms with Crippen LogP contribution in [0.15, 0.2) is 22.8 Å². The standard InChI is InChI=1S/C37H47NO11/c1-14-10-38-11-16-3-5-35-9-19(17-4-6-36(28(17)35)29(44)18(14)8-22(38)34(16,36)2)30-37(35)24-20(47-33(37)45)7-15(12-39)23(24)31(48-30)49-32-27(43)26(42)25(41)21(13-40)46-32/h7,14,16,18-27,30-32,39-43H,3-6,8-13H2,1-2H3/t14-,16-,18-,19+,20+,21-,22+,23-,24+,25-,26+,27-,30-,31+,32+,34-,35-,36+,37-/m1/s1. The predicted molar refractivity (Wildman–Crippen MR) is 166 cm³/mol. The molecule has 5 heterocycles. The van der Waals surface area contributed by atoms with Gasteiger partial charge >= 0.3 is 5.97 Å². The van der Waals surface area contributed by atoms with Gasteiger partial charge in [-0.2, -0.15) is 0 Å². The second-order valence-corrected chi connectivity index (χ2v) is 17.8. The molecule has 8 fully saturated rings. The molecule has 3 saturated carbocycles. The zero-order valence-electron chi connectivity index (χ0n) is 27.9. The third kappa shape index (κ3) is 3.02. The number of esters is 1. The topological polar surface area (TPSA) is 175 Å². The highest BCUT2D eigenvalue weighted by atomic mass is 16.8. The van der Waals surface area contributed by atoms with Crippen molar-refractivity contribution in [2.24, 2.45) is 57.2 Å². The summed E-state index contributed by atoms with van der Waals surface area (Å²) < 4.78 is 25.5. The number of fused-ring (bicyclic) bond motifs is 4. The van der Waals surface area contributed by atoms with Gasteiger partial charge in [0, 0.05) is 53.6 Å². The van der Waals surface area contributed by atoms with E-state index in [2.05, 4.69) is 18.7 Å². The zero-order chi connectivity index (χ0) is 33.7. The molecule has 5 aliphatic heterocycles. The van der Waals surface area contributed by atoms with E-state index in [1.165, 1.54) is 11.1 Å². The second kappa shape index (κ2) is 9.43. The Morgan fingerprint density at radius 2 is 1.84 bits per heavy atom. The molecule has 5 N–H and O–H groups in total. The molecule has 3 spiro atoms. The van der Waals surface area contributed by atoms with Crippen LogP contribution < -0.4 is 0 Å². The number of hydrogen-bond donors (Lipinski definition) is 5. The summed E-state index contributed by atoms with van der Waals surface area (Å²) in [4.78, 5) is 32.9. The number of rotatable bonds is 4. The SMILES string of the molecule is C[C@@H]1CN2C[C@H]3CC[C@@]45C[C@@H](C6=C4[C@@]4(CC6)C(=O)[C@@H]1C[C@H]2[C@@]34C)[C@H]1O[C@@H](O[C@@H]2O[C@H](CO)[C@@H](O)[C@H](O)[C@H]2O)[C@@H]2C(CO)=C[C@@H]3OC(=O)[C@@]15[C@H]23. The fraction of sp³-hybridized carbons (Fsp3) is 0.838. The first-order valence-corrected chi connectivity index (χ1v) is 18.7. The zero-order valence-corrected chi connectivity index (χ0v) is 27.9. The Morgan fingerprint density at radius 1 is 1.02 bits per heavy atom. The van der Waals surface area contributed by atoms with E-state index in [0.717, 1.165) is 51.6 Å². The average Bonchev–Trinajstić information content (AvgIpc) is 3.89. The van der Waals surface area contributed by atoms with E-state index in [1.54, 1.807) is 0 Å². The molecular formula is C37H47NO11. The van der Waals surface area contributed by atoms with Gasteiger partial charge in [-0.15, -0.1) is 0 Å². The van der Waals surface area contributed by atoms with E-state index in [9.17, 15) is 30.3 Å². The van der Waals surface area contributed by atoms with Gasteiger partial charge < -0.3 is 44.5 Å². The quantitative estimate of drug-likeness (QED) is 0.199. The molecule has 12 nitrogen and oxygen atoms in total. The van der Waals surface area contributed by atoms with Crippen molar-refractivity contribution in [1.82, 2.24) is 4.90 Å². The van der Waals surface area contributed by atoms with Gasteiger partial charge in [-0.25, -0.2) is 0 Å². The number of carbonyl (C=O) groups is 2. The Bertz CT molecular complexity index is 1630. The van der Waals surface area contributed by atoms with Gasteiger partial charge in [0.15, 0.2) is 12.6 Å². The van der Waals surface area contributed by atoms with Gasteiger partial charge in [0.2, 0.25) is 0 Å². The fourth-order valence-electron chi connectivity index (χ4n) is 15.3. The number of carbonyl (C=O) groups excluding carboxylic acids is 2. The Labute approximate surface area is 284 Å². The largest absolute Gasteiger partial charge is 0.457 e. The van der Waals surface area contributed by atoms with Crippen molar-refractivity contribution in [2.75, 3.05) is 26.3 Å². The van der Waals surface area contributed by atoms with Gasteiger partial charge in [-0.05, 0) is 67.6 Å². The maximum atomic E-state index is 15.3. The lowest BCUT2D eigenvalue weighted by Gasteiger charge is -2.62. The van der Waals surface area contributed by atoms with Gasteiger partial charge in [-0.1, -0.05) is 19.4 Å². The molecule has 49 heavy (non-hydrogen) atoms. The number of Topliss-reactive ketones (excluding diaryl/α,β-unsaturated/α-hetero) is 1. The highest BCUT2D eigenvalue weighted by Crippen LogP contribution is 2.86. The third-order valence-corrected chi connectivity index (χ3v) is 16.9. The maximum Gasteiger partial charge on any atom is 0.316 e. The van der Waals surface area contributed by atoms with E-state index in [-0.39, 0.29) is 29.8 Å². The molecule has 0 amide bonds. The van der Waals surface area contributed by atoms with Crippen LogP contribution >= 0.6 is 0 Å². The first-order valence-electron chi connectivity index (χ1n) is 18.7. The Morgan fingerprint density at radius 3 is 2.61 bits per heavy atom. The van der Waals surface area contributed by atoms with Gasteiger partial charge in [0.1, 0.15) is 41.7 Å². The lowest BCUT2D eigenvalue weighted by atomic mass is 9.41.